The fourth-order valence-corrected chi connectivity index (χ4v) is 5.16. The van der Waals surface area contributed by atoms with Crippen LogP contribution < -0.4 is 10.1 Å². The van der Waals surface area contributed by atoms with Crippen molar-refractivity contribution in [3.05, 3.63) is 64.7 Å². The summed E-state index contributed by atoms with van der Waals surface area (Å²) < 4.78 is 5.33. The maximum atomic E-state index is 13.3. The molecule has 0 spiro atoms. The van der Waals surface area contributed by atoms with Crippen LogP contribution in [-0.4, -0.2) is 41.7 Å². The molecular formula is C26H33ClN2O3S. The van der Waals surface area contributed by atoms with Gasteiger partial charge in [-0.1, -0.05) is 55.1 Å². The van der Waals surface area contributed by atoms with Crippen LogP contribution in [0.15, 0.2) is 48.5 Å². The van der Waals surface area contributed by atoms with E-state index in [4.69, 9.17) is 16.3 Å². The number of ether oxygens (including phenoxy) is 1. The molecule has 7 heteroatoms. The Morgan fingerprint density at radius 2 is 1.85 bits per heavy atom. The highest BCUT2D eigenvalue weighted by molar-refractivity contribution is 7.99. The quantitative estimate of drug-likeness (QED) is 0.483. The van der Waals surface area contributed by atoms with Gasteiger partial charge in [0.15, 0.2) is 0 Å². The first-order chi connectivity index (χ1) is 16.0. The number of nitrogens with one attached hydrogen (secondary N) is 1. The zero-order valence-electron chi connectivity index (χ0n) is 19.4. The molecule has 0 bridgehead atoms. The third-order valence-electron chi connectivity index (χ3n) is 5.99. The van der Waals surface area contributed by atoms with Gasteiger partial charge in [-0.3, -0.25) is 9.59 Å². The van der Waals surface area contributed by atoms with Gasteiger partial charge in [0.2, 0.25) is 11.8 Å². The molecule has 33 heavy (non-hydrogen) atoms. The number of thioether (sulfide) groups is 1. The number of halogens is 1. The second-order valence-corrected chi connectivity index (χ2v) is 9.94. The molecule has 2 amide bonds. The first kappa shape index (κ1) is 25.4. The number of hydrogen-bond donors (Lipinski definition) is 1. The van der Waals surface area contributed by atoms with Crippen LogP contribution in [-0.2, 0) is 21.9 Å². The molecule has 178 valence electrons. The Kier molecular flexibility index (Phi) is 9.95. The minimum atomic E-state index is -0.558. The molecule has 5 nitrogen and oxygen atoms in total. The van der Waals surface area contributed by atoms with Gasteiger partial charge in [0, 0.05) is 23.4 Å². The topological polar surface area (TPSA) is 58.6 Å². The van der Waals surface area contributed by atoms with E-state index in [-0.39, 0.29) is 23.6 Å². The van der Waals surface area contributed by atoms with Gasteiger partial charge < -0.3 is 15.0 Å². The summed E-state index contributed by atoms with van der Waals surface area (Å²) in [5.41, 5.74) is 2.00. The summed E-state index contributed by atoms with van der Waals surface area (Å²) in [6.07, 6.45) is 5.54. The normalized spacial score (nSPS) is 15.0. The predicted molar refractivity (Wildman–Crippen MR) is 136 cm³/mol. The van der Waals surface area contributed by atoms with Crippen LogP contribution in [0, 0.1) is 0 Å². The SMILES string of the molecule is COc1cccc(CN(C(=O)CSCc2cccc(Cl)c2)[C@H](C)C(=O)NC2CCCCC2)c1. The van der Waals surface area contributed by atoms with E-state index < -0.39 is 6.04 Å². The Morgan fingerprint density at radius 1 is 1.12 bits per heavy atom. The fraction of sp³-hybridized carbons (Fsp3) is 0.462. The van der Waals surface area contributed by atoms with Crippen molar-refractivity contribution < 1.29 is 14.3 Å². The molecule has 1 fully saturated rings. The minimum Gasteiger partial charge on any atom is -0.497 e. The van der Waals surface area contributed by atoms with Crippen molar-refractivity contribution in [2.24, 2.45) is 0 Å². The Morgan fingerprint density at radius 3 is 2.58 bits per heavy atom. The number of methoxy groups -OCH3 is 1. The van der Waals surface area contributed by atoms with Crippen molar-refractivity contribution >= 4 is 35.2 Å². The molecule has 0 radical (unpaired) electrons. The van der Waals surface area contributed by atoms with Gasteiger partial charge in [0.05, 0.1) is 12.9 Å². The summed E-state index contributed by atoms with van der Waals surface area (Å²) in [7, 11) is 1.62. The molecule has 2 aromatic rings. The highest BCUT2D eigenvalue weighted by atomic mass is 35.5. The number of carbonyl (C=O) groups is 2. The average Bonchev–Trinajstić information content (AvgIpc) is 2.83. The zero-order valence-corrected chi connectivity index (χ0v) is 21.0. The number of nitrogens with zero attached hydrogens (tertiary/aromatic N) is 1. The molecule has 0 aliphatic heterocycles. The van der Waals surface area contributed by atoms with E-state index in [0.29, 0.717) is 17.3 Å². The van der Waals surface area contributed by atoms with E-state index in [9.17, 15) is 9.59 Å². The summed E-state index contributed by atoms with van der Waals surface area (Å²) in [4.78, 5) is 28.0. The second-order valence-electron chi connectivity index (χ2n) is 8.52. The molecule has 1 N–H and O–H groups in total. The number of amides is 2. The number of carbonyl (C=O) groups excluding carboxylic acids is 2. The van der Waals surface area contributed by atoms with Gasteiger partial charge >= 0.3 is 0 Å². The molecule has 1 aliphatic rings. The maximum absolute atomic E-state index is 13.3. The summed E-state index contributed by atoms with van der Waals surface area (Å²) in [6, 6.07) is 14.9. The summed E-state index contributed by atoms with van der Waals surface area (Å²) >= 11 is 7.60. The number of benzene rings is 2. The predicted octanol–water partition coefficient (Wildman–Crippen LogP) is 5.45. The lowest BCUT2D eigenvalue weighted by Crippen LogP contribution is -2.50. The smallest absolute Gasteiger partial charge is 0.242 e. The lowest BCUT2D eigenvalue weighted by molar-refractivity contribution is -0.139. The lowest BCUT2D eigenvalue weighted by Gasteiger charge is -2.31. The Hall–Kier alpha value is -2.18. The first-order valence-corrected chi connectivity index (χ1v) is 13.0. The van der Waals surface area contributed by atoms with E-state index in [1.165, 1.54) is 18.2 Å². The van der Waals surface area contributed by atoms with E-state index in [0.717, 1.165) is 42.6 Å². The molecule has 3 rings (SSSR count). The standard InChI is InChI=1S/C26H33ClN2O3S/c1-19(26(31)28-23-11-4-3-5-12-23)29(16-20-8-7-13-24(15-20)32-2)25(30)18-33-17-21-9-6-10-22(27)14-21/h6-10,13-15,19,23H,3-5,11-12,16-18H2,1-2H3,(H,28,31)/t19-/m1/s1. The van der Waals surface area contributed by atoms with Crippen molar-refractivity contribution in [1.29, 1.82) is 0 Å². The van der Waals surface area contributed by atoms with E-state index >= 15 is 0 Å². The second kappa shape index (κ2) is 12.9. The summed E-state index contributed by atoms with van der Waals surface area (Å²) in [5, 5.41) is 3.86. The summed E-state index contributed by atoms with van der Waals surface area (Å²) in [5.74, 6) is 1.56. The van der Waals surface area contributed by atoms with Crippen molar-refractivity contribution in [2.45, 2.75) is 63.4 Å². The Balaban J connectivity index is 1.67. The largest absolute Gasteiger partial charge is 0.497 e. The fourth-order valence-electron chi connectivity index (χ4n) is 4.08. The van der Waals surface area contributed by atoms with Crippen LogP contribution >= 0.6 is 23.4 Å². The van der Waals surface area contributed by atoms with Gasteiger partial charge in [-0.2, -0.15) is 0 Å². The third kappa shape index (κ3) is 7.97. The van der Waals surface area contributed by atoms with Crippen LogP contribution in [0.1, 0.15) is 50.2 Å². The monoisotopic (exact) mass is 488 g/mol. The third-order valence-corrected chi connectivity index (χ3v) is 7.21. The zero-order chi connectivity index (χ0) is 23.6. The van der Waals surface area contributed by atoms with Crippen molar-refractivity contribution in [2.75, 3.05) is 12.9 Å². The molecule has 0 heterocycles. The van der Waals surface area contributed by atoms with Crippen LogP contribution in [0.4, 0.5) is 0 Å². The molecule has 0 unspecified atom stereocenters. The van der Waals surface area contributed by atoms with Gasteiger partial charge in [-0.25, -0.2) is 0 Å². The van der Waals surface area contributed by atoms with Crippen molar-refractivity contribution in [1.82, 2.24) is 10.2 Å². The summed E-state index contributed by atoms with van der Waals surface area (Å²) in [6.45, 7) is 2.17. The first-order valence-electron chi connectivity index (χ1n) is 11.5. The molecule has 1 atom stereocenters. The number of hydrogen-bond acceptors (Lipinski definition) is 4. The van der Waals surface area contributed by atoms with Gasteiger partial charge in [-0.15, -0.1) is 11.8 Å². The molecule has 1 aliphatic carbocycles. The maximum Gasteiger partial charge on any atom is 0.242 e. The Labute approximate surface area is 206 Å². The number of rotatable bonds is 10. The van der Waals surface area contributed by atoms with Gasteiger partial charge in [-0.05, 0) is 55.2 Å². The Bertz CT molecular complexity index is 933. The molecule has 0 aromatic heterocycles. The highest BCUT2D eigenvalue weighted by Crippen LogP contribution is 2.21. The van der Waals surface area contributed by atoms with Gasteiger partial charge in [0.1, 0.15) is 11.8 Å². The van der Waals surface area contributed by atoms with Crippen molar-refractivity contribution in [3.8, 4) is 5.75 Å². The lowest BCUT2D eigenvalue weighted by atomic mass is 9.95. The average molecular weight is 489 g/mol. The van der Waals surface area contributed by atoms with Crippen LogP contribution in [0.2, 0.25) is 5.02 Å². The van der Waals surface area contributed by atoms with Crippen molar-refractivity contribution in [3.63, 3.8) is 0 Å². The van der Waals surface area contributed by atoms with E-state index in [2.05, 4.69) is 5.32 Å². The molecule has 1 saturated carbocycles. The molecular weight excluding hydrogens is 456 g/mol. The molecule has 2 aromatic carbocycles. The molecule has 0 saturated heterocycles. The van der Waals surface area contributed by atoms with Crippen LogP contribution in [0.25, 0.3) is 0 Å². The highest BCUT2D eigenvalue weighted by Gasteiger charge is 2.28. The van der Waals surface area contributed by atoms with Gasteiger partial charge in [0.25, 0.3) is 0 Å². The van der Waals surface area contributed by atoms with Crippen LogP contribution in [0.5, 0.6) is 5.75 Å². The van der Waals surface area contributed by atoms with E-state index in [1.54, 1.807) is 12.0 Å². The minimum absolute atomic E-state index is 0.0591. The van der Waals surface area contributed by atoms with E-state index in [1.807, 2.05) is 55.5 Å². The van der Waals surface area contributed by atoms with Crippen LogP contribution in [0.3, 0.4) is 0 Å².